The van der Waals surface area contributed by atoms with Gasteiger partial charge < -0.3 is 0 Å². The Labute approximate surface area is 133 Å². The van der Waals surface area contributed by atoms with Crippen molar-refractivity contribution in [1.29, 1.82) is 0 Å². The minimum absolute atomic E-state index is 0.0725. The zero-order valence-corrected chi connectivity index (χ0v) is 14.0. The Hall–Kier alpha value is -1.74. The number of nitrogens with zero attached hydrogens (tertiary/aromatic N) is 2. The molecule has 0 radical (unpaired) electrons. The standard InChI is InChI=1S/C18H17BrN2/c1-18(2,3)15-11-21-17(12-8-9-16(19)20-10-12)14-7-5-4-6-13(14)15/h4-11H,1-3H3. The molecule has 2 nitrogen and oxygen atoms in total. The van der Waals surface area contributed by atoms with Crippen LogP contribution in [0.3, 0.4) is 0 Å². The molecule has 0 spiro atoms. The van der Waals surface area contributed by atoms with Crippen molar-refractivity contribution in [1.82, 2.24) is 9.97 Å². The Morgan fingerprint density at radius 1 is 0.857 bits per heavy atom. The van der Waals surface area contributed by atoms with Gasteiger partial charge in [-0.25, -0.2) is 4.98 Å². The van der Waals surface area contributed by atoms with Crippen molar-refractivity contribution < 1.29 is 0 Å². The molecule has 0 atom stereocenters. The summed E-state index contributed by atoms with van der Waals surface area (Å²) in [6, 6.07) is 12.4. The lowest BCUT2D eigenvalue weighted by Gasteiger charge is -2.22. The van der Waals surface area contributed by atoms with Gasteiger partial charge in [0.25, 0.3) is 0 Å². The van der Waals surface area contributed by atoms with E-state index in [1.807, 2.05) is 24.5 Å². The fourth-order valence-corrected chi connectivity index (χ4v) is 2.77. The van der Waals surface area contributed by atoms with Crippen LogP contribution in [0.15, 0.2) is 53.4 Å². The predicted octanol–water partition coefficient (Wildman–Crippen LogP) is 5.36. The summed E-state index contributed by atoms with van der Waals surface area (Å²) in [4.78, 5) is 9.03. The first kappa shape index (κ1) is 14.2. The number of hydrogen-bond acceptors (Lipinski definition) is 2. The number of rotatable bonds is 1. The van der Waals surface area contributed by atoms with Gasteiger partial charge in [-0.15, -0.1) is 0 Å². The third-order valence-corrected chi connectivity index (χ3v) is 4.07. The minimum Gasteiger partial charge on any atom is -0.255 e. The molecule has 21 heavy (non-hydrogen) atoms. The Balaban J connectivity index is 2.29. The third kappa shape index (κ3) is 2.70. The minimum atomic E-state index is 0.0725. The van der Waals surface area contributed by atoms with Crippen molar-refractivity contribution >= 4 is 26.7 Å². The van der Waals surface area contributed by atoms with Crippen LogP contribution >= 0.6 is 15.9 Å². The van der Waals surface area contributed by atoms with E-state index in [9.17, 15) is 0 Å². The maximum absolute atomic E-state index is 4.72. The van der Waals surface area contributed by atoms with Gasteiger partial charge >= 0.3 is 0 Å². The Morgan fingerprint density at radius 3 is 2.19 bits per heavy atom. The molecule has 3 heteroatoms. The number of benzene rings is 1. The van der Waals surface area contributed by atoms with Crippen molar-refractivity contribution in [2.45, 2.75) is 26.2 Å². The van der Waals surface area contributed by atoms with Crippen molar-refractivity contribution in [3.8, 4) is 11.3 Å². The molecule has 0 saturated carbocycles. The normalized spacial score (nSPS) is 11.8. The number of aromatic nitrogens is 2. The summed E-state index contributed by atoms with van der Waals surface area (Å²) in [6.07, 6.45) is 3.86. The van der Waals surface area contributed by atoms with Crippen LogP contribution in [0.2, 0.25) is 0 Å². The van der Waals surface area contributed by atoms with Gasteiger partial charge in [-0.2, -0.15) is 0 Å². The summed E-state index contributed by atoms with van der Waals surface area (Å²) in [6.45, 7) is 6.66. The van der Waals surface area contributed by atoms with Crippen molar-refractivity contribution in [3.05, 3.63) is 59.0 Å². The van der Waals surface area contributed by atoms with Gasteiger partial charge in [0.1, 0.15) is 4.60 Å². The second-order valence-corrected chi connectivity index (χ2v) is 7.00. The molecule has 0 N–H and O–H groups in total. The summed E-state index contributed by atoms with van der Waals surface area (Å²) in [7, 11) is 0. The highest BCUT2D eigenvalue weighted by atomic mass is 79.9. The van der Waals surface area contributed by atoms with Gasteiger partial charge in [-0.1, -0.05) is 45.0 Å². The fraction of sp³-hybridized carbons (Fsp3) is 0.222. The van der Waals surface area contributed by atoms with E-state index in [1.165, 1.54) is 16.3 Å². The molecule has 2 heterocycles. The molecular weight excluding hydrogens is 324 g/mol. The predicted molar refractivity (Wildman–Crippen MR) is 91.4 cm³/mol. The maximum atomic E-state index is 4.72. The number of hydrogen-bond donors (Lipinski definition) is 0. The van der Waals surface area contributed by atoms with Gasteiger partial charge in [-0.05, 0) is 44.4 Å². The zero-order chi connectivity index (χ0) is 15.0. The molecule has 0 saturated heterocycles. The first-order valence-electron chi connectivity index (χ1n) is 6.97. The molecule has 0 fully saturated rings. The molecule has 1 aromatic carbocycles. The summed E-state index contributed by atoms with van der Waals surface area (Å²) in [5.41, 5.74) is 3.36. The van der Waals surface area contributed by atoms with Gasteiger partial charge in [0.2, 0.25) is 0 Å². The van der Waals surface area contributed by atoms with E-state index in [0.717, 1.165) is 15.9 Å². The lowest BCUT2D eigenvalue weighted by Crippen LogP contribution is -2.12. The van der Waals surface area contributed by atoms with Crippen LogP contribution in [-0.2, 0) is 5.41 Å². The Kier molecular flexibility index (Phi) is 3.54. The lowest BCUT2D eigenvalue weighted by molar-refractivity contribution is 0.593. The van der Waals surface area contributed by atoms with E-state index in [4.69, 9.17) is 4.98 Å². The van der Waals surface area contributed by atoms with E-state index >= 15 is 0 Å². The SMILES string of the molecule is CC(C)(C)c1cnc(-c2ccc(Br)nc2)c2ccccc12. The van der Waals surface area contributed by atoms with E-state index in [1.54, 1.807) is 0 Å². The highest BCUT2D eigenvalue weighted by Gasteiger charge is 2.19. The highest BCUT2D eigenvalue weighted by Crippen LogP contribution is 2.34. The molecule has 0 unspecified atom stereocenters. The molecule has 0 aliphatic carbocycles. The number of pyridine rings is 2. The molecule has 2 aromatic heterocycles. The van der Waals surface area contributed by atoms with E-state index < -0.39 is 0 Å². The van der Waals surface area contributed by atoms with Crippen LogP contribution in [-0.4, -0.2) is 9.97 Å². The zero-order valence-electron chi connectivity index (χ0n) is 12.4. The second-order valence-electron chi connectivity index (χ2n) is 6.19. The highest BCUT2D eigenvalue weighted by molar-refractivity contribution is 9.10. The third-order valence-electron chi connectivity index (χ3n) is 3.60. The van der Waals surface area contributed by atoms with Crippen molar-refractivity contribution in [3.63, 3.8) is 0 Å². The molecule has 0 aliphatic heterocycles. The molecule has 106 valence electrons. The van der Waals surface area contributed by atoms with Gasteiger partial charge in [0, 0.05) is 23.3 Å². The Bertz CT molecular complexity index is 786. The van der Waals surface area contributed by atoms with Gasteiger partial charge in [0.15, 0.2) is 0 Å². The first-order chi connectivity index (χ1) is 9.97. The van der Waals surface area contributed by atoms with Crippen LogP contribution in [0.5, 0.6) is 0 Å². The molecule has 0 amide bonds. The number of halogens is 1. The summed E-state index contributed by atoms with van der Waals surface area (Å²) in [5, 5.41) is 2.44. The molecule has 0 aliphatic rings. The lowest BCUT2D eigenvalue weighted by atomic mass is 9.84. The van der Waals surface area contributed by atoms with Crippen LogP contribution in [0.4, 0.5) is 0 Å². The summed E-state index contributed by atoms with van der Waals surface area (Å²) < 4.78 is 0.835. The molecule has 0 bridgehead atoms. The van der Waals surface area contributed by atoms with E-state index in [2.05, 4.69) is 66.0 Å². The van der Waals surface area contributed by atoms with Crippen molar-refractivity contribution in [2.24, 2.45) is 0 Å². The molecule has 3 rings (SSSR count). The monoisotopic (exact) mass is 340 g/mol. The average molecular weight is 341 g/mol. The topological polar surface area (TPSA) is 25.8 Å². The fourth-order valence-electron chi connectivity index (χ4n) is 2.54. The van der Waals surface area contributed by atoms with E-state index in [0.29, 0.717) is 0 Å². The average Bonchev–Trinajstić information content (AvgIpc) is 2.46. The van der Waals surface area contributed by atoms with Gasteiger partial charge in [0.05, 0.1) is 5.69 Å². The quantitative estimate of drug-likeness (QED) is 0.557. The summed E-state index contributed by atoms with van der Waals surface area (Å²) in [5.74, 6) is 0. The first-order valence-corrected chi connectivity index (χ1v) is 7.76. The van der Waals surface area contributed by atoms with Crippen LogP contribution in [0, 0.1) is 0 Å². The smallest absolute Gasteiger partial charge is 0.106 e. The van der Waals surface area contributed by atoms with Crippen LogP contribution in [0.25, 0.3) is 22.0 Å². The maximum Gasteiger partial charge on any atom is 0.106 e. The second kappa shape index (κ2) is 5.23. The van der Waals surface area contributed by atoms with Crippen LogP contribution in [0.1, 0.15) is 26.3 Å². The number of fused-ring (bicyclic) bond motifs is 1. The van der Waals surface area contributed by atoms with E-state index in [-0.39, 0.29) is 5.41 Å². The van der Waals surface area contributed by atoms with Crippen LogP contribution < -0.4 is 0 Å². The Morgan fingerprint density at radius 2 is 1.57 bits per heavy atom. The largest absolute Gasteiger partial charge is 0.255 e. The van der Waals surface area contributed by atoms with Crippen molar-refractivity contribution in [2.75, 3.05) is 0 Å². The van der Waals surface area contributed by atoms with Gasteiger partial charge in [-0.3, -0.25) is 4.98 Å². The molecular formula is C18H17BrN2. The molecule has 3 aromatic rings. The summed E-state index contributed by atoms with van der Waals surface area (Å²) >= 11 is 3.37.